The predicted molar refractivity (Wildman–Crippen MR) is 87.3 cm³/mol. The van der Waals surface area contributed by atoms with Crippen molar-refractivity contribution >= 4 is 5.82 Å². The van der Waals surface area contributed by atoms with Crippen LogP contribution in [0.25, 0.3) is 11.3 Å². The van der Waals surface area contributed by atoms with Gasteiger partial charge in [0.2, 0.25) is 0 Å². The summed E-state index contributed by atoms with van der Waals surface area (Å²) in [6.45, 7) is 0.209. The van der Waals surface area contributed by atoms with Crippen LogP contribution in [0.1, 0.15) is 11.7 Å². The molecular formula is C18H15F2N3O. The van der Waals surface area contributed by atoms with Crippen molar-refractivity contribution in [3.8, 4) is 11.3 Å². The lowest BCUT2D eigenvalue weighted by Crippen LogP contribution is -2.13. The van der Waals surface area contributed by atoms with Gasteiger partial charge in [-0.3, -0.25) is 0 Å². The van der Waals surface area contributed by atoms with E-state index in [2.05, 4.69) is 15.3 Å². The molecule has 2 aromatic carbocycles. The second-order valence-electron chi connectivity index (χ2n) is 5.19. The first kappa shape index (κ1) is 16.0. The van der Waals surface area contributed by atoms with Crippen LogP contribution in [0.15, 0.2) is 60.9 Å². The molecule has 0 fully saturated rings. The molecule has 0 saturated carbocycles. The zero-order chi connectivity index (χ0) is 16.9. The second-order valence-corrected chi connectivity index (χ2v) is 5.19. The molecule has 0 radical (unpaired) electrons. The third-order valence-electron chi connectivity index (χ3n) is 3.55. The summed E-state index contributed by atoms with van der Waals surface area (Å²) < 4.78 is 27.7. The summed E-state index contributed by atoms with van der Waals surface area (Å²) in [4.78, 5) is 7.93. The summed E-state index contributed by atoms with van der Waals surface area (Å²) in [6.07, 6.45) is 0.494. The Balaban J connectivity index is 1.77. The SMILES string of the molecule is OC(CNc1cc(-c2c(F)cccc2F)ncn1)c1ccccc1. The smallest absolute Gasteiger partial charge is 0.135 e. The number of benzene rings is 2. The first-order chi connectivity index (χ1) is 11.6. The van der Waals surface area contributed by atoms with E-state index in [9.17, 15) is 13.9 Å². The molecule has 4 nitrogen and oxygen atoms in total. The Morgan fingerprint density at radius 1 is 0.958 bits per heavy atom. The summed E-state index contributed by atoms with van der Waals surface area (Å²) in [6, 6.07) is 14.2. The van der Waals surface area contributed by atoms with Crippen LogP contribution in [0.2, 0.25) is 0 Å². The van der Waals surface area contributed by atoms with Gasteiger partial charge in [0.1, 0.15) is 23.8 Å². The molecule has 0 bridgehead atoms. The molecule has 3 rings (SSSR count). The van der Waals surface area contributed by atoms with E-state index in [4.69, 9.17) is 0 Å². The van der Waals surface area contributed by atoms with Crippen molar-refractivity contribution in [2.75, 3.05) is 11.9 Å². The van der Waals surface area contributed by atoms with Crippen LogP contribution >= 0.6 is 0 Å². The van der Waals surface area contributed by atoms with Gasteiger partial charge in [0.05, 0.1) is 17.4 Å². The van der Waals surface area contributed by atoms with Crippen molar-refractivity contribution in [3.63, 3.8) is 0 Å². The third-order valence-corrected chi connectivity index (χ3v) is 3.55. The number of anilines is 1. The fourth-order valence-corrected chi connectivity index (χ4v) is 2.33. The number of nitrogens with zero attached hydrogens (tertiary/aromatic N) is 2. The first-order valence-electron chi connectivity index (χ1n) is 7.38. The van der Waals surface area contributed by atoms with Crippen molar-refractivity contribution in [2.24, 2.45) is 0 Å². The topological polar surface area (TPSA) is 58.0 Å². The van der Waals surface area contributed by atoms with E-state index in [0.717, 1.165) is 5.56 Å². The van der Waals surface area contributed by atoms with Gasteiger partial charge in [0.15, 0.2) is 0 Å². The van der Waals surface area contributed by atoms with Crippen LogP contribution < -0.4 is 5.32 Å². The number of halogens is 2. The molecule has 24 heavy (non-hydrogen) atoms. The maximum absolute atomic E-state index is 13.8. The van der Waals surface area contributed by atoms with E-state index in [1.54, 1.807) is 0 Å². The van der Waals surface area contributed by atoms with Gasteiger partial charge in [-0.25, -0.2) is 18.7 Å². The Hall–Kier alpha value is -2.86. The molecule has 1 heterocycles. The van der Waals surface area contributed by atoms with E-state index >= 15 is 0 Å². The quantitative estimate of drug-likeness (QED) is 0.752. The Labute approximate surface area is 137 Å². The van der Waals surface area contributed by atoms with Crippen LogP contribution in [0.3, 0.4) is 0 Å². The predicted octanol–water partition coefficient (Wildman–Crippen LogP) is 3.57. The van der Waals surface area contributed by atoms with Crippen molar-refractivity contribution in [3.05, 3.63) is 78.1 Å². The van der Waals surface area contributed by atoms with Gasteiger partial charge in [0, 0.05) is 12.6 Å². The Morgan fingerprint density at radius 3 is 2.38 bits per heavy atom. The highest BCUT2D eigenvalue weighted by molar-refractivity contribution is 5.63. The monoisotopic (exact) mass is 327 g/mol. The van der Waals surface area contributed by atoms with Gasteiger partial charge in [-0.2, -0.15) is 0 Å². The number of hydrogen-bond acceptors (Lipinski definition) is 4. The molecule has 0 aliphatic carbocycles. The fourth-order valence-electron chi connectivity index (χ4n) is 2.33. The minimum atomic E-state index is -0.727. The number of aromatic nitrogens is 2. The Kier molecular flexibility index (Phi) is 4.77. The number of aliphatic hydroxyl groups is 1. The van der Waals surface area contributed by atoms with Gasteiger partial charge in [0.25, 0.3) is 0 Å². The zero-order valence-corrected chi connectivity index (χ0v) is 12.7. The Morgan fingerprint density at radius 2 is 1.67 bits per heavy atom. The van der Waals surface area contributed by atoms with Crippen LogP contribution in [0.5, 0.6) is 0 Å². The largest absolute Gasteiger partial charge is 0.387 e. The van der Waals surface area contributed by atoms with Crippen LogP contribution in [0, 0.1) is 11.6 Å². The summed E-state index contributed by atoms with van der Waals surface area (Å²) in [5, 5.41) is 13.1. The Bertz CT molecular complexity index is 807. The minimum absolute atomic E-state index is 0.136. The zero-order valence-electron chi connectivity index (χ0n) is 12.7. The van der Waals surface area contributed by atoms with Crippen LogP contribution in [0.4, 0.5) is 14.6 Å². The average molecular weight is 327 g/mol. The second kappa shape index (κ2) is 7.14. The van der Waals surface area contributed by atoms with Gasteiger partial charge in [-0.05, 0) is 17.7 Å². The number of rotatable bonds is 5. The van der Waals surface area contributed by atoms with Crippen molar-refractivity contribution in [1.82, 2.24) is 9.97 Å². The molecule has 2 N–H and O–H groups in total. The molecule has 0 aliphatic rings. The van der Waals surface area contributed by atoms with Gasteiger partial charge >= 0.3 is 0 Å². The van der Waals surface area contributed by atoms with Crippen molar-refractivity contribution in [2.45, 2.75) is 6.10 Å². The fraction of sp³-hybridized carbons (Fsp3) is 0.111. The molecule has 1 atom stereocenters. The molecule has 122 valence electrons. The van der Waals surface area contributed by atoms with Crippen LogP contribution in [-0.2, 0) is 0 Å². The average Bonchev–Trinajstić information content (AvgIpc) is 2.61. The van der Waals surface area contributed by atoms with E-state index in [1.165, 1.54) is 30.6 Å². The van der Waals surface area contributed by atoms with E-state index in [-0.39, 0.29) is 17.8 Å². The lowest BCUT2D eigenvalue weighted by atomic mass is 10.1. The molecule has 0 aliphatic heterocycles. The van der Waals surface area contributed by atoms with E-state index in [0.29, 0.717) is 5.82 Å². The molecule has 3 aromatic rings. The number of nitrogens with one attached hydrogen (secondary N) is 1. The lowest BCUT2D eigenvalue weighted by Gasteiger charge is -2.13. The third kappa shape index (κ3) is 3.55. The van der Waals surface area contributed by atoms with Gasteiger partial charge in [-0.1, -0.05) is 36.4 Å². The molecule has 1 aromatic heterocycles. The molecule has 0 amide bonds. The normalized spacial score (nSPS) is 12.0. The summed E-state index contributed by atoms with van der Waals surface area (Å²) in [5.74, 6) is -1.01. The highest BCUT2D eigenvalue weighted by Gasteiger charge is 2.13. The molecule has 0 spiro atoms. The standard InChI is InChI=1S/C18H15F2N3O/c19-13-7-4-8-14(20)18(13)15-9-17(23-11-22-15)21-10-16(24)12-5-2-1-3-6-12/h1-9,11,16,24H,10H2,(H,21,22,23). The van der Waals surface area contributed by atoms with Crippen molar-refractivity contribution in [1.29, 1.82) is 0 Å². The van der Waals surface area contributed by atoms with E-state index < -0.39 is 17.7 Å². The number of aliphatic hydroxyl groups excluding tert-OH is 1. The summed E-state index contributed by atoms with van der Waals surface area (Å²) in [5.41, 5.74) is 0.697. The maximum Gasteiger partial charge on any atom is 0.135 e. The highest BCUT2D eigenvalue weighted by atomic mass is 19.1. The molecule has 0 saturated heterocycles. The highest BCUT2D eigenvalue weighted by Crippen LogP contribution is 2.25. The minimum Gasteiger partial charge on any atom is -0.387 e. The molecular weight excluding hydrogens is 312 g/mol. The number of hydrogen-bond donors (Lipinski definition) is 2. The first-order valence-corrected chi connectivity index (χ1v) is 7.38. The molecule has 6 heteroatoms. The van der Waals surface area contributed by atoms with Gasteiger partial charge < -0.3 is 10.4 Å². The van der Waals surface area contributed by atoms with E-state index in [1.807, 2.05) is 30.3 Å². The van der Waals surface area contributed by atoms with Gasteiger partial charge in [-0.15, -0.1) is 0 Å². The van der Waals surface area contributed by atoms with Crippen LogP contribution in [-0.4, -0.2) is 21.6 Å². The molecule has 1 unspecified atom stereocenters. The summed E-state index contributed by atoms with van der Waals surface area (Å²) in [7, 11) is 0. The maximum atomic E-state index is 13.8. The van der Waals surface area contributed by atoms with Crippen molar-refractivity contribution < 1.29 is 13.9 Å². The summed E-state index contributed by atoms with van der Waals surface area (Å²) >= 11 is 0. The lowest BCUT2D eigenvalue weighted by molar-refractivity contribution is 0.191.